The van der Waals surface area contributed by atoms with E-state index < -0.39 is 11.5 Å². The zero-order chi connectivity index (χ0) is 13.3. The van der Waals surface area contributed by atoms with Crippen LogP contribution in [0.1, 0.15) is 42.2 Å². The van der Waals surface area contributed by atoms with Crippen molar-refractivity contribution in [2.45, 2.75) is 26.7 Å². The van der Waals surface area contributed by atoms with E-state index in [9.17, 15) is 9.59 Å². The first kappa shape index (κ1) is 12.7. The lowest BCUT2D eigenvalue weighted by molar-refractivity contribution is 0.0515. The smallest absolute Gasteiger partial charge is 0.357 e. The molecule has 2 aromatic heterocycles. The second kappa shape index (κ2) is 4.85. The molecule has 0 radical (unpaired) electrons. The summed E-state index contributed by atoms with van der Waals surface area (Å²) < 4.78 is 6.27. The highest BCUT2D eigenvalue weighted by Gasteiger charge is 2.17. The van der Waals surface area contributed by atoms with Gasteiger partial charge in [-0.05, 0) is 6.92 Å². The molecular weight excluding hydrogens is 254 g/mol. The zero-order valence-corrected chi connectivity index (χ0v) is 11.2. The van der Waals surface area contributed by atoms with Crippen molar-refractivity contribution >= 4 is 22.3 Å². The molecule has 0 aliphatic carbocycles. The number of carbonyl (C=O) groups excluding carboxylic acids is 1. The number of carbonyl (C=O) groups is 1. The fourth-order valence-electron chi connectivity index (χ4n) is 1.41. The molecule has 0 saturated carbocycles. The number of hydrogen-bond acceptors (Lipinski definition) is 6. The van der Waals surface area contributed by atoms with Gasteiger partial charge >= 0.3 is 5.97 Å². The van der Waals surface area contributed by atoms with Gasteiger partial charge in [-0.3, -0.25) is 4.79 Å². The summed E-state index contributed by atoms with van der Waals surface area (Å²) in [6.45, 7) is 5.93. The summed E-state index contributed by atoms with van der Waals surface area (Å²) in [7, 11) is 0. The van der Waals surface area contributed by atoms with Crippen LogP contribution in [0, 0.1) is 0 Å². The molecule has 6 nitrogen and oxygen atoms in total. The van der Waals surface area contributed by atoms with Gasteiger partial charge in [0.1, 0.15) is 5.01 Å². The average molecular weight is 267 g/mol. The van der Waals surface area contributed by atoms with Crippen LogP contribution in [-0.2, 0) is 4.74 Å². The van der Waals surface area contributed by atoms with Gasteiger partial charge in [0.15, 0.2) is 5.69 Å². The fraction of sp³-hybridized carbons (Fsp3) is 0.455. The van der Waals surface area contributed by atoms with Gasteiger partial charge in [-0.2, -0.15) is 14.6 Å². The molecule has 0 amide bonds. The van der Waals surface area contributed by atoms with E-state index in [-0.39, 0.29) is 18.2 Å². The molecule has 0 bridgehead atoms. The molecule has 0 fully saturated rings. The number of rotatable bonds is 3. The Morgan fingerprint density at radius 1 is 1.56 bits per heavy atom. The quantitative estimate of drug-likeness (QED) is 0.787. The van der Waals surface area contributed by atoms with Gasteiger partial charge in [0.05, 0.1) is 6.61 Å². The average Bonchev–Trinajstić information content (AvgIpc) is 2.71. The maximum Gasteiger partial charge on any atom is 0.357 e. The van der Waals surface area contributed by atoms with E-state index in [1.807, 2.05) is 13.8 Å². The molecule has 0 aliphatic rings. The molecule has 0 aromatic carbocycles. The first-order chi connectivity index (χ1) is 8.52. The fourth-order valence-corrected chi connectivity index (χ4v) is 2.32. The highest BCUT2D eigenvalue weighted by Crippen LogP contribution is 2.21. The van der Waals surface area contributed by atoms with Crippen molar-refractivity contribution in [1.29, 1.82) is 0 Å². The monoisotopic (exact) mass is 267 g/mol. The summed E-state index contributed by atoms with van der Waals surface area (Å²) in [6.07, 6.45) is 0. The largest absolute Gasteiger partial charge is 0.461 e. The summed E-state index contributed by atoms with van der Waals surface area (Å²) in [6, 6.07) is 1.15. The predicted octanol–water partition coefficient (Wildman–Crippen LogP) is 1.45. The van der Waals surface area contributed by atoms with Gasteiger partial charge in [0.2, 0.25) is 4.96 Å². The number of nitrogens with zero attached hydrogens (tertiary/aromatic N) is 3. The molecule has 18 heavy (non-hydrogen) atoms. The van der Waals surface area contributed by atoms with Crippen molar-refractivity contribution < 1.29 is 9.53 Å². The van der Waals surface area contributed by atoms with E-state index in [1.54, 1.807) is 6.92 Å². The first-order valence-electron chi connectivity index (χ1n) is 5.61. The van der Waals surface area contributed by atoms with Crippen molar-refractivity contribution in [3.63, 3.8) is 0 Å². The summed E-state index contributed by atoms with van der Waals surface area (Å²) in [4.78, 5) is 27.4. The number of aromatic nitrogens is 3. The van der Waals surface area contributed by atoms with Gasteiger partial charge < -0.3 is 4.74 Å². The van der Waals surface area contributed by atoms with E-state index in [1.165, 1.54) is 15.9 Å². The maximum absolute atomic E-state index is 11.7. The van der Waals surface area contributed by atoms with Gasteiger partial charge in [0.25, 0.3) is 5.56 Å². The van der Waals surface area contributed by atoms with Gasteiger partial charge in [-0.1, -0.05) is 25.2 Å². The SMILES string of the molecule is CCOC(=O)c1cc(=O)nc2sc(C(C)C)nn12. The highest BCUT2D eigenvalue weighted by molar-refractivity contribution is 7.16. The third-order valence-electron chi connectivity index (χ3n) is 2.25. The van der Waals surface area contributed by atoms with Gasteiger partial charge in [0, 0.05) is 12.0 Å². The molecular formula is C11H13N3O3S. The summed E-state index contributed by atoms with van der Waals surface area (Å²) in [5.74, 6) is -0.352. The van der Waals surface area contributed by atoms with Gasteiger partial charge in [-0.15, -0.1) is 0 Å². The lowest BCUT2D eigenvalue weighted by Crippen LogP contribution is -2.17. The molecule has 0 unspecified atom stereocenters. The topological polar surface area (TPSA) is 73.6 Å². The lowest BCUT2D eigenvalue weighted by Gasteiger charge is -2.02. The number of ether oxygens (including phenoxy) is 1. The van der Waals surface area contributed by atoms with Crippen LogP contribution in [0.2, 0.25) is 0 Å². The Morgan fingerprint density at radius 3 is 2.89 bits per heavy atom. The normalized spacial score (nSPS) is 11.1. The van der Waals surface area contributed by atoms with E-state index in [0.29, 0.717) is 4.96 Å². The molecule has 0 atom stereocenters. The van der Waals surface area contributed by atoms with Gasteiger partial charge in [-0.25, -0.2) is 4.79 Å². The van der Waals surface area contributed by atoms with Crippen LogP contribution in [0.15, 0.2) is 10.9 Å². The van der Waals surface area contributed by atoms with E-state index in [0.717, 1.165) is 11.1 Å². The van der Waals surface area contributed by atoms with Crippen molar-refractivity contribution in [1.82, 2.24) is 14.6 Å². The predicted molar refractivity (Wildman–Crippen MR) is 67.2 cm³/mol. The summed E-state index contributed by atoms with van der Waals surface area (Å²) in [5, 5.41) is 5.11. The molecule has 0 N–H and O–H groups in total. The van der Waals surface area contributed by atoms with Crippen LogP contribution in [0.5, 0.6) is 0 Å². The molecule has 2 aromatic rings. The highest BCUT2D eigenvalue weighted by atomic mass is 32.1. The number of hydrogen-bond donors (Lipinski definition) is 0. The molecule has 0 saturated heterocycles. The number of fused-ring (bicyclic) bond motifs is 1. The Hall–Kier alpha value is -1.76. The molecule has 0 aliphatic heterocycles. The van der Waals surface area contributed by atoms with Crippen molar-refractivity contribution in [3.8, 4) is 0 Å². The Kier molecular flexibility index (Phi) is 3.42. The maximum atomic E-state index is 11.7. The minimum Gasteiger partial charge on any atom is -0.461 e. The summed E-state index contributed by atoms with van der Waals surface area (Å²) in [5.41, 5.74) is -0.341. The Morgan fingerprint density at radius 2 is 2.28 bits per heavy atom. The van der Waals surface area contributed by atoms with Crippen molar-refractivity contribution in [2.75, 3.05) is 6.61 Å². The van der Waals surface area contributed by atoms with Crippen LogP contribution in [0.25, 0.3) is 4.96 Å². The molecule has 96 valence electrons. The van der Waals surface area contributed by atoms with Crippen LogP contribution in [0.4, 0.5) is 0 Å². The third kappa shape index (κ3) is 2.26. The molecule has 2 rings (SSSR count). The number of esters is 1. The van der Waals surface area contributed by atoms with E-state index in [2.05, 4.69) is 10.1 Å². The van der Waals surface area contributed by atoms with E-state index >= 15 is 0 Å². The van der Waals surface area contributed by atoms with Crippen LogP contribution in [0.3, 0.4) is 0 Å². The van der Waals surface area contributed by atoms with Crippen LogP contribution < -0.4 is 5.56 Å². The zero-order valence-electron chi connectivity index (χ0n) is 10.3. The second-order valence-corrected chi connectivity index (χ2v) is 4.98. The second-order valence-electron chi connectivity index (χ2n) is 3.99. The minimum absolute atomic E-state index is 0.120. The molecule has 2 heterocycles. The Labute approximate surface area is 107 Å². The third-order valence-corrected chi connectivity index (χ3v) is 3.46. The van der Waals surface area contributed by atoms with Crippen LogP contribution in [-0.4, -0.2) is 27.2 Å². The lowest BCUT2D eigenvalue weighted by atomic mass is 10.2. The first-order valence-corrected chi connectivity index (χ1v) is 6.42. The Bertz CT molecular complexity index is 645. The Balaban J connectivity index is 2.64. The minimum atomic E-state index is -0.562. The summed E-state index contributed by atoms with van der Waals surface area (Å²) >= 11 is 1.30. The molecule has 0 spiro atoms. The standard InChI is InChI=1S/C11H13N3O3S/c1-4-17-10(16)7-5-8(15)12-11-14(7)13-9(18-11)6(2)3/h5-6H,4H2,1-3H3. The van der Waals surface area contributed by atoms with Crippen molar-refractivity contribution in [2.24, 2.45) is 0 Å². The van der Waals surface area contributed by atoms with E-state index in [4.69, 9.17) is 4.74 Å². The molecule has 7 heteroatoms. The van der Waals surface area contributed by atoms with Crippen molar-refractivity contribution in [3.05, 3.63) is 27.1 Å². The van der Waals surface area contributed by atoms with Crippen LogP contribution >= 0.6 is 11.3 Å².